The summed E-state index contributed by atoms with van der Waals surface area (Å²) in [4.78, 5) is 6.69. The van der Waals surface area contributed by atoms with E-state index in [4.69, 9.17) is 4.74 Å². The number of hydrogen-bond donors (Lipinski definition) is 0. The molecule has 0 bridgehead atoms. The van der Waals surface area contributed by atoms with Gasteiger partial charge in [0.2, 0.25) is 0 Å². The largest absolute Gasteiger partial charge is 0.373 e. The predicted octanol–water partition coefficient (Wildman–Crippen LogP) is 1.95. The van der Waals surface area contributed by atoms with E-state index in [0.29, 0.717) is 0 Å². The van der Waals surface area contributed by atoms with Crippen LogP contribution in [0.1, 0.15) is 0 Å². The van der Waals surface area contributed by atoms with Crippen LogP contribution in [-0.4, -0.2) is 40.6 Å². The van der Waals surface area contributed by atoms with Crippen LogP contribution in [0.5, 0.6) is 0 Å². The fourth-order valence-corrected chi connectivity index (χ4v) is 2.44. The summed E-state index contributed by atoms with van der Waals surface area (Å²) in [5.74, 6) is 0.997. The fraction of sp³-hybridized carbons (Fsp3) is 0.385. The van der Waals surface area contributed by atoms with Crippen molar-refractivity contribution in [2.24, 2.45) is 0 Å². The van der Waals surface area contributed by atoms with Crippen LogP contribution in [0.15, 0.2) is 41.3 Å². The average molecular weight is 323 g/mol. The van der Waals surface area contributed by atoms with Gasteiger partial charge >= 0.3 is 0 Å². The highest BCUT2D eigenvalue weighted by Crippen LogP contribution is 2.18. The van der Waals surface area contributed by atoms with Crippen LogP contribution in [0.25, 0.3) is 0 Å². The van der Waals surface area contributed by atoms with Gasteiger partial charge in [-0.1, -0.05) is 0 Å². The summed E-state index contributed by atoms with van der Waals surface area (Å²) in [5.41, 5.74) is 0. The molecule has 2 aromatic rings. The van der Waals surface area contributed by atoms with Crippen molar-refractivity contribution in [1.82, 2.24) is 14.8 Å². The second-order valence-corrected chi connectivity index (χ2v) is 5.42. The zero-order chi connectivity index (χ0) is 13.1. The van der Waals surface area contributed by atoms with Crippen LogP contribution >= 0.6 is 15.9 Å². The Morgan fingerprint density at radius 1 is 1.42 bits per heavy atom. The van der Waals surface area contributed by atoms with Gasteiger partial charge in [0.25, 0.3) is 0 Å². The van der Waals surface area contributed by atoms with Crippen molar-refractivity contribution < 1.29 is 4.74 Å². The van der Waals surface area contributed by atoms with Crippen LogP contribution in [0.4, 0.5) is 5.82 Å². The molecule has 0 saturated carbocycles. The quantitative estimate of drug-likeness (QED) is 0.866. The van der Waals surface area contributed by atoms with Gasteiger partial charge in [-0.05, 0) is 34.1 Å². The topological polar surface area (TPSA) is 43.2 Å². The standard InChI is InChI=1S/C13H15BrN4O/c14-11-2-3-13(15-8-11)17-6-7-19-12(9-17)10-18-5-1-4-16-18/h1-5,8,12H,6-7,9-10H2/t12-/m0/s1. The lowest BCUT2D eigenvalue weighted by Gasteiger charge is -2.33. The van der Waals surface area contributed by atoms with E-state index in [2.05, 4.69) is 30.9 Å². The molecule has 100 valence electrons. The number of anilines is 1. The van der Waals surface area contributed by atoms with E-state index in [1.54, 1.807) is 6.20 Å². The number of pyridine rings is 1. The molecule has 0 amide bonds. The highest BCUT2D eigenvalue weighted by Gasteiger charge is 2.21. The number of morpholine rings is 1. The molecule has 0 spiro atoms. The molecule has 5 nitrogen and oxygen atoms in total. The Morgan fingerprint density at radius 3 is 3.11 bits per heavy atom. The van der Waals surface area contributed by atoms with Gasteiger partial charge in [0, 0.05) is 36.2 Å². The van der Waals surface area contributed by atoms with Gasteiger partial charge in [0.1, 0.15) is 5.82 Å². The predicted molar refractivity (Wildman–Crippen MR) is 76.1 cm³/mol. The van der Waals surface area contributed by atoms with E-state index < -0.39 is 0 Å². The highest BCUT2D eigenvalue weighted by atomic mass is 79.9. The summed E-state index contributed by atoms with van der Waals surface area (Å²) in [6.45, 7) is 3.22. The monoisotopic (exact) mass is 322 g/mol. The third-order valence-electron chi connectivity index (χ3n) is 3.12. The molecule has 1 fully saturated rings. The molecule has 0 aromatic carbocycles. The van der Waals surface area contributed by atoms with Gasteiger partial charge < -0.3 is 9.64 Å². The zero-order valence-electron chi connectivity index (χ0n) is 10.4. The molecule has 1 saturated heterocycles. The molecule has 1 atom stereocenters. The number of rotatable bonds is 3. The lowest BCUT2D eigenvalue weighted by atomic mass is 10.2. The highest BCUT2D eigenvalue weighted by molar-refractivity contribution is 9.10. The first-order chi connectivity index (χ1) is 9.31. The van der Waals surface area contributed by atoms with Crippen molar-refractivity contribution in [3.05, 3.63) is 41.3 Å². The first kappa shape index (κ1) is 12.6. The molecule has 3 heterocycles. The summed E-state index contributed by atoms with van der Waals surface area (Å²) in [6.07, 6.45) is 5.73. The van der Waals surface area contributed by atoms with E-state index in [1.807, 2.05) is 35.3 Å². The number of aromatic nitrogens is 3. The normalized spacial score (nSPS) is 19.6. The van der Waals surface area contributed by atoms with Crippen molar-refractivity contribution >= 4 is 21.7 Å². The van der Waals surface area contributed by atoms with Crippen molar-refractivity contribution in [2.75, 3.05) is 24.6 Å². The Morgan fingerprint density at radius 2 is 2.37 bits per heavy atom. The minimum atomic E-state index is 0.152. The Hall–Kier alpha value is -1.40. The van der Waals surface area contributed by atoms with Gasteiger partial charge in [0.05, 0.1) is 19.3 Å². The van der Waals surface area contributed by atoms with Crippen molar-refractivity contribution in [2.45, 2.75) is 12.6 Å². The van der Waals surface area contributed by atoms with Crippen molar-refractivity contribution in [3.8, 4) is 0 Å². The summed E-state index contributed by atoms with van der Waals surface area (Å²) in [5, 5.41) is 4.22. The lowest BCUT2D eigenvalue weighted by Crippen LogP contribution is -2.44. The van der Waals surface area contributed by atoms with Gasteiger partial charge in [-0.15, -0.1) is 0 Å². The lowest BCUT2D eigenvalue weighted by molar-refractivity contribution is 0.0272. The first-order valence-corrected chi connectivity index (χ1v) is 7.06. The number of ether oxygens (including phenoxy) is 1. The molecule has 3 rings (SSSR count). The smallest absolute Gasteiger partial charge is 0.128 e. The number of halogens is 1. The van der Waals surface area contributed by atoms with Crippen LogP contribution in [0.2, 0.25) is 0 Å². The Balaban J connectivity index is 1.66. The third-order valence-corrected chi connectivity index (χ3v) is 3.59. The maximum absolute atomic E-state index is 5.79. The molecule has 1 aliphatic rings. The molecule has 0 unspecified atom stereocenters. The molecule has 1 aliphatic heterocycles. The maximum atomic E-state index is 5.79. The van der Waals surface area contributed by atoms with Crippen LogP contribution in [-0.2, 0) is 11.3 Å². The first-order valence-electron chi connectivity index (χ1n) is 6.27. The van der Waals surface area contributed by atoms with E-state index in [-0.39, 0.29) is 6.10 Å². The van der Waals surface area contributed by atoms with Crippen LogP contribution < -0.4 is 4.90 Å². The molecule has 2 aromatic heterocycles. The molecular formula is C13H15BrN4O. The molecule has 6 heteroatoms. The second kappa shape index (κ2) is 5.71. The van der Waals surface area contributed by atoms with E-state index >= 15 is 0 Å². The molecule has 0 aliphatic carbocycles. The van der Waals surface area contributed by atoms with Gasteiger partial charge in [-0.2, -0.15) is 5.10 Å². The fourth-order valence-electron chi connectivity index (χ4n) is 2.21. The second-order valence-electron chi connectivity index (χ2n) is 4.50. The zero-order valence-corrected chi connectivity index (χ0v) is 12.0. The van der Waals surface area contributed by atoms with E-state index in [1.165, 1.54) is 0 Å². The summed E-state index contributed by atoms with van der Waals surface area (Å²) >= 11 is 3.40. The molecular weight excluding hydrogens is 308 g/mol. The third kappa shape index (κ3) is 3.13. The van der Waals surface area contributed by atoms with E-state index in [9.17, 15) is 0 Å². The Bertz CT molecular complexity index is 514. The Kier molecular flexibility index (Phi) is 3.79. The Labute approximate surface area is 120 Å². The van der Waals surface area contributed by atoms with Gasteiger partial charge in [0.15, 0.2) is 0 Å². The molecule has 19 heavy (non-hydrogen) atoms. The minimum absolute atomic E-state index is 0.152. The number of nitrogens with zero attached hydrogens (tertiary/aromatic N) is 4. The maximum Gasteiger partial charge on any atom is 0.128 e. The van der Waals surface area contributed by atoms with Gasteiger partial charge in [-0.25, -0.2) is 4.98 Å². The van der Waals surface area contributed by atoms with Crippen molar-refractivity contribution in [3.63, 3.8) is 0 Å². The minimum Gasteiger partial charge on any atom is -0.373 e. The SMILES string of the molecule is Brc1ccc(N2CCO[C@H](Cn3cccn3)C2)nc1. The summed E-state index contributed by atoms with van der Waals surface area (Å²) < 4.78 is 8.69. The summed E-state index contributed by atoms with van der Waals surface area (Å²) in [6, 6.07) is 5.97. The van der Waals surface area contributed by atoms with Crippen molar-refractivity contribution in [1.29, 1.82) is 0 Å². The number of hydrogen-bond acceptors (Lipinski definition) is 4. The van der Waals surface area contributed by atoms with E-state index in [0.717, 1.165) is 36.5 Å². The average Bonchev–Trinajstić information content (AvgIpc) is 2.93. The van der Waals surface area contributed by atoms with Crippen LogP contribution in [0.3, 0.4) is 0 Å². The summed E-state index contributed by atoms with van der Waals surface area (Å²) in [7, 11) is 0. The molecule has 0 radical (unpaired) electrons. The van der Waals surface area contributed by atoms with Gasteiger partial charge in [-0.3, -0.25) is 4.68 Å². The molecule has 0 N–H and O–H groups in total. The van der Waals surface area contributed by atoms with Crippen LogP contribution in [0, 0.1) is 0 Å².